The molecule has 0 heterocycles. The van der Waals surface area contributed by atoms with Crippen LogP contribution >= 0.6 is 0 Å². The van der Waals surface area contributed by atoms with Gasteiger partial charge in [-0.3, -0.25) is 0 Å². The van der Waals surface area contributed by atoms with Crippen molar-refractivity contribution in [2.24, 2.45) is 5.92 Å². The smallest absolute Gasteiger partial charge is 0.0622 e. The molecule has 0 fully saturated rings. The van der Waals surface area contributed by atoms with Crippen molar-refractivity contribution in [1.29, 1.82) is 0 Å². The van der Waals surface area contributed by atoms with Gasteiger partial charge in [-0.25, -0.2) is 0 Å². The number of rotatable bonds is 6. The minimum absolute atomic E-state index is 0.00479. The molecule has 0 aromatic carbocycles. The van der Waals surface area contributed by atoms with E-state index in [1.165, 1.54) is 0 Å². The number of aliphatic hydroxyl groups is 1. The molecule has 0 aliphatic rings. The predicted octanol–water partition coefficient (Wildman–Crippen LogP) is 2.21. The molecule has 0 unspecified atom stereocenters. The quantitative estimate of drug-likeness (QED) is 0.669. The van der Waals surface area contributed by atoms with Crippen LogP contribution in [0.25, 0.3) is 0 Å². The molecule has 2 heteroatoms. The second-order valence-corrected chi connectivity index (χ2v) is 4.14. The van der Waals surface area contributed by atoms with Crippen LogP contribution in [-0.2, 0) is 4.74 Å². The molecule has 0 bridgehead atoms. The lowest BCUT2D eigenvalue weighted by atomic mass is 9.97. The van der Waals surface area contributed by atoms with Gasteiger partial charge in [0, 0.05) is 13.7 Å². The standard InChI is InChI=1S/C10H22O2/c1-9(8-11)6-5-7-10(2,3)12-4/h9,11H,5-8H2,1-4H3/t9-/m0/s1. The first kappa shape index (κ1) is 11.9. The fourth-order valence-corrected chi connectivity index (χ4v) is 1.07. The SMILES string of the molecule is COC(C)(C)CCC[C@H](C)CO. The molecular formula is C10H22O2. The summed E-state index contributed by atoms with van der Waals surface area (Å²) in [5.41, 5.74) is -0.00479. The first-order chi connectivity index (χ1) is 5.52. The maximum absolute atomic E-state index is 8.79. The largest absolute Gasteiger partial charge is 0.396 e. The van der Waals surface area contributed by atoms with Crippen LogP contribution in [0, 0.1) is 5.92 Å². The van der Waals surface area contributed by atoms with Gasteiger partial charge in [0.05, 0.1) is 5.60 Å². The van der Waals surface area contributed by atoms with Gasteiger partial charge in [-0.1, -0.05) is 13.3 Å². The second kappa shape index (κ2) is 5.55. The molecule has 0 saturated carbocycles. The highest BCUT2D eigenvalue weighted by molar-refractivity contribution is 4.67. The minimum atomic E-state index is -0.00479. The Hall–Kier alpha value is -0.0800. The molecule has 0 saturated heterocycles. The first-order valence-electron chi connectivity index (χ1n) is 4.68. The molecule has 0 aromatic heterocycles. The van der Waals surface area contributed by atoms with Crippen molar-refractivity contribution in [3.05, 3.63) is 0 Å². The maximum Gasteiger partial charge on any atom is 0.0622 e. The summed E-state index contributed by atoms with van der Waals surface area (Å²) in [5.74, 6) is 0.428. The van der Waals surface area contributed by atoms with Crippen LogP contribution in [0.1, 0.15) is 40.0 Å². The Bertz CT molecular complexity index is 110. The van der Waals surface area contributed by atoms with E-state index in [2.05, 4.69) is 20.8 Å². The summed E-state index contributed by atoms with van der Waals surface area (Å²) in [7, 11) is 1.75. The molecule has 0 spiro atoms. The molecule has 0 rings (SSSR count). The lowest BCUT2D eigenvalue weighted by Crippen LogP contribution is -2.22. The van der Waals surface area contributed by atoms with Crippen molar-refractivity contribution < 1.29 is 9.84 Å². The fraction of sp³-hybridized carbons (Fsp3) is 1.00. The van der Waals surface area contributed by atoms with Crippen molar-refractivity contribution in [2.45, 2.75) is 45.6 Å². The molecule has 0 aliphatic heterocycles. The Kier molecular flexibility index (Phi) is 5.51. The number of aliphatic hydroxyl groups excluding tert-OH is 1. The topological polar surface area (TPSA) is 29.5 Å². The minimum Gasteiger partial charge on any atom is -0.396 e. The Morgan fingerprint density at radius 1 is 1.42 bits per heavy atom. The molecule has 0 aliphatic carbocycles. The van der Waals surface area contributed by atoms with Gasteiger partial charge >= 0.3 is 0 Å². The zero-order valence-corrected chi connectivity index (χ0v) is 8.76. The molecule has 0 radical (unpaired) electrons. The second-order valence-electron chi connectivity index (χ2n) is 4.14. The van der Waals surface area contributed by atoms with Crippen LogP contribution in [0.5, 0.6) is 0 Å². The van der Waals surface area contributed by atoms with Crippen LogP contribution in [0.15, 0.2) is 0 Å². The van der Waals surface area contributed by atoms with Gasteiger partial charge in [0.2, 0.25) is 0 Å². The fourth-order valence-electron chi connectivity index (χ4n) is 1.07. The van der Waals surface area contributed by atoms with E-state index < -0.39 is 0 Å². The van der Waals surface area contributed by atoms with Crippen LogP contribution in [-0.4, -0.2) is 24.4 Å². The average molecular weight is 174 g/mol. The lowest BCUT2D eigenvalue weighted by Gasteiger charge is -2.23. The number of hydrogen-bond donors (Lipinski definition) is 1. The van der Waals surface area contributed by atoms with Crippen molar-refractivity contribution >= 4 is 0 Å². The van der Waals surface area contributed by atoms with Gasteiger partial charge in [-0.2, -0.15) is 0 Å². The van der Waals surface area contributed by atoms with Gasteiger partial charge in [0.15, 0.2) is 0 Å². The summed E-state index contributed by atoms with van der Waals surface area (Å²) in [6, 6.07) is 0. The third kappa shape index (κ3) is 5.56. The number of methoxy groups -OCH3 is 1. The van der Waals surface area contributed by atoms with Crippen molar-refractivity contribution in [3.63, 3.8) is 0 Å². The van der Waals surface area contributed by atoms with Crippen molar-refractivity contribution in [2.75, 3.05) is 13.7 Å². The molecule has 1 atom stereocenters. The summed E-state index contributed by atoms with van der Waals surface area (Å²) in [5, 5.41) is 8.79. The molecule has 0 aromatic rings. The predicted molar refractivity (Wildman–Crippen MR) is 51.2 cm³/mol. The summed E-state index contributed by atoms with van der Waals surface area (Å²) < 4.78 is 5.29. The van der Waals surface area contributed by atoms with Crippen LogP contribution in [0.3, 0.4) is 0 Å². The molecule has 2 nitrogen and oxygen atoms in total. The van der Waals surface area contributed by atoms with Crippen molar-refractivity contribution in [1.82, 2.24) is 0 Å². The Morgan fingerprint density at radius 2 is 2.00 bits per heavy atom. The maximum atomic E-state index is 8.79. The Morgan fingerprint density at radius 3 is 2.42 bits per heavy atom. The van der Waals surface area contributed by atoms with Crippen LogP contribution in [0.4, 0.5) is 0 Å². The van der Waals surface area contributed by atoms with E-state index in [0.717, 1.165) is 19.3 Å². The molecule has 0 amide bonds. The Labute approximate surface area is 75.9 Å². The van der Waals surface area contributed by atoms with E-state index in [9.17, 15) is 0 Å². The summed E-state index contributed by atoms with van der Waals surface area (Å²) >= 11 is 0. The normalized spacial score (nSPS) is 14.8. The zero-order valence-electron chi connectivity index (χ0n) is 8.76. The molecule has 1 N–H and O–H groups in total. The van der Waals surface area contributed by atoms with E-state index in [4.69, 9.17) is 9.84 Å². The third-order valence-electron chi connectivity index (χ3n) is 2.34. The van der Waals surface area contributed by atoms with Crippen LogP contribution in [0.2, 0.25) is 0 Å². The highest BCUT2D eigenvalue weighted by Crippen LogP contribution is 2.18. The lowest BCUT2D eigenvalue weighted by molar-refractivity contribution is 0.0122. The van der Waals surface area contributed by atoms with Gasteiger partial charge in [-0.05, 0) is 32.6 Å². The summed E-state index contributed by atoms with van der Waals surface area (Å²) in [6.45, 7) is 6.56. The number of hydrogen-bond acceptors (Lipinski definition) is 2. The zero-order chi connectivity index (χ0) is 9.61. The molecule has 12 heavy (non-hydrogen) atoms. The monoisotopic (exact) mass is 174 g/mol. The van der Waals surface area contributed by atoms with Gasteiger partial charge in [-0.15, -0.1) is 0 Å². The van der Waals surface area contributed by atoms with Gasteiger partial charge < -0.3 is 9.84 Å². The Balaban J connectivity index is 3.42. The molecule has 74 valence electrons. The van der Waals surface area contributed by atoms with E-state index in [1.54, 1.807) is 7.11 Å². The van der Waals surface area contributed by atoms with Crippen LogP contribution < -0.4 is 0 Å². The van der Waals surface area contributed by atoms with E-state index in [1.807, 2.05) is 0 Å². The highest BCUT2D eigenvalue weighted by Gasteiger charge is 2.15. The van der Waals surface area contributed by atoms with E-state index in [-0.39, 0.29) is 5.60 Å². The average Bonchev–Trinajstić information content (AvgIpc) is 2.04. The molecular weight excluding hydrogens is 152 g/mol. The highest BCUT2D eigenvalue weighted by atomic mass is 16.5. The van der Waals surface area contributed by atoms with E-state index >= 15 is 0 Å². The first-order valence-corrected chi connectivity index (χ1v) is 4.68. The third-order valence-corrected chi connectivity index (χ3v) is 2.34. The van der Waals surface area contributed by atoms with E-state index in [0.29, 0.717) is 12.5 Å². The van der Waals surface area contributed by atoms with Gasteiger partial charge in [0.1, 0.15) is 0 Å². The number of ether oxygens (including phenoxy) is 1. The van der Waals surface area contributed by atoms with Crippen molar-refractivity contribution in [3.8, 4) is 0 Å². The summed E-state index contributed by atoms with van der Waals surface area (Å²) in [6.07, 6.45) is 3.28. The summed E-state index contributed by atoms with van der Waals surface area (Å²) in [4.78, 5) is 0. The van der Waals surface area contributed by atoms with Gasteiger partial charge in [0.25, 0.3) is 0 Å².